The molecule has 0 aromatic carbocycles. The Morgan fingerprint density at radius 2 is 2.09 bits per heavy atom. The van der Waals surface area contributed by atoms with Crippen LogP contribution in [0, 0.1) is 6.92 Å². The molecule has 0 radical (unpaired) electrons. The SMILES string of the molecule is Cc1nc(C(C)(C)C)sc1[C@@H](C)NCCN1C(=O)CNC1=O. The van der Waals surface area contributed by atoms with Crippen LogP contribution in [0.1, 0.15) is 49.3 Å². The number of aromatic nitrogens is 1. The van der Waals surface area contributed by atoms with Crippen LogP contribution >= 0.6 is 11.3 Å². The summed E-state index contributed by atoms with van der Waals surface area (Å²) in [5, 5.41) is 7.02. The van der Waals surface area contributed by atoms with Gasteiger partial charge in [-0.15, -0.1) is 11.3 Å². The quantitative estimate of drug-likeness (QED) is 0.812. The second-order valence-corrected chi connectivity index (χ2v) is 7.63. The van der Waals surface area contributed by atoms with Gasteiger partial charge in [0.15, 0.2) is 0 Å². The summed E-state index contributed by atoms with van der Waals surface area (Å²) in [5.41, 5.74) is 1.10. The molecule has 0 aliphatic carbocycles. The van der Waals surface area contributed by atoms with Gasteiger partial charge in [-0.2, -0.15) is 0 Å². The molecular formula is C15H24N4O2S. The van der Waals surface area contributed by atoms with Gasteiger partial charge in [0, 0.05) is 29.4 Å². The minimum Gasteiger partial charge on any atom is -0.329 e. The molecule has 0 unspecified atom stereocenters. The molecule has 1 aromatic heterocycles. The van der Waals surface area contributed by atoms with Crippen molar-refractivity contribution in [1.29, 1.82) is 0 Å². The minimum atomic E-state index is -0.302. The molecule has 1 aromatic rings. The van der Waals surface area contributed by atoms with Crippen molar-refractivity contribution in [2.24, 2.45) is 0 Å². The van der Waals surface area contributed by atoms with Crippen LogP contribution in [-0.4, -0.2) is 41.5 Å². The lowest BCUT2D eigenvalue weighted by atomic mass is 9.98. The number of hydrogen-bond acceptors (Lipinski definition) is 5. The smallest absolute Gasteiger partial charge is 0.324 e. The third-order valence-corrected chi connectivity index (χ3v) is 5.36. The van der Waals surface area contributed by atoms with Gasteiger partial charge in [0.25, 0.3) is 0 Å². The van der Waals surface area contributed by atoms with Crippen LogP contribution in [0.3, 0.4) is 0 Å². The normalized spacial score (nSPS) is 17.0. The van der Waals surface area contributed by atoms with Crippen molar-refractivity contribution in [3.8, 4) is 0 Å². The molecule has 122 valence electrons. The number of urea groups is 1. The highest BCUT2D eigenvalue weighted by Gasteiger charge is 2.28. The van der Waals surface area contributed by atoms with Crippen LogP contribution in [0.25, 0.3) is 0 Å². The summed E-state index contributed by atoms with van der Waals surface area (Å²) < 4.78 is 0. The first-order valence-corrected chi connectivity index (χ1v) is 8.31. The minimum absolute atomic E-state index is 0.0491. The Hall–Kier alpha value is -1.47. The second kappa shape index (κ2) is 6.34. The number of thiazole rings is 1. The fraction of sp³-hybridized carbons (Fsp3) is 0.667. The Kier molecular flexibility index (Phi) is 4.87. The lowest BCUT2D eigenvalue weighted by Gasteiger charge is -2.17. The molecule has 1 fully saturated rings. The molecule has 2 heterocycles. The number of nitrogens with zero attached hydrogens (tertiary/aromatic N) is 2. The molecule has 3 amide bonds. The van der Waals surface area contributed by atoms with E-state index in [-0.39, 0.29) is 29.9 Å². The Bertz CT molecular complexity index is 561. The molecule has 0 bridgehead atoms. The zero-order chi connectivity index (χ0) is 16.5. The van der Waals surface area contributed by atoms with E-state index in [0.717, 1.165) is 10.7 Å². The molecule has 1 aliphatic heterocycles. The van der Waals surface area contributed by atoms with Gasteiger partial charge in [0.2, 0.25) is 5.91 Å². The highest BCUT2D eigenvalue weighted by molar-refractivity contribution is 7.12. The van der Waals surface area contributed by atoms with Gasteiger partial charge in [0.1, 0.15) is 0 Å². The first-order chi connectivity index (χ1) is 10.2. The summed E-state index contributed by atoms with van der Waals surface area (Å²) >= 11 is 1.72. The number of aryl methyl sites for hydroxylation is 1. The predicted octanol–water partition coefficient (Wildman–Crippen LogP) is 1.95. The number of nitrogens with one attached hydrogen (secondary N) is 2. The molecule has 22 heavy (non-hydrogen) atoms. The van der Waals surface area contributed by atoms with Crippen molar-refractivity contribution in [1.82, 2.24) is 20.5 Å². The molecule has 7 heteroatoms. The largest absolute Gasteiger partial charge is 0.329 e. The third kappa shape index (κ3) is 3.64. The van der Waals surface area contributed by atoms with Crippen molar-refractivity contribution >= 4 is 23.3 Å². The standard InChI is InChI=1S/C15H24N4O2S/c1-9(12-10(2)18-13(22-12)15(3,4)5)16-6-7-19-11(20)8-17-14(19)21/h9,16H,6-8H2,1-5H3,(H,17,21)/t9-/m1/s1. The van der Waals surface area contributed by atoms with E-state index in [1.807, 2.05) is 6.92 Å². The van der Waals surface area contributed by atoms with E-state index in [1.54, 1.807) is 11.3 Å². The summed E-state index contributed by atoms with van der Waals surface area (Å²) in [6.45, 7) is 11.6. The topological polar surface area (TPSA) is 74.3 Å². The van der Waals surface area contributed by atoms with E-state index in [9.17, 15) is 9.59 Å². The van der Waals surface area contributed by atoms with Crippen molar-refractivity contribution in [2.45, 2.75) is 46.1 Å². The maximum Gasteiger partial charge on any atom is 0.324 e. The first kappa shape index (κ1) is 16.9. The fourth-order valence-corrected chi connectivity index (χ4v) is 3.45. The van der Waals surface area contributed by atoms with Gasteiger partial charge in [0.05, 0.1) is 17.2 Å². The summed E-state index contributed by atoms with van der Waals surface area (Å²) in [5.74, 6) is -0.163. The zero-order valence-corrected chi connectivity index (χ0v) is 14.6. The first-order valence-electron chi connectivity index (χ1n) is 7.49. The van der Waals surface area contributed by atoms with Crippen molar-refractivity contribution in [2.75, 3.05) is 19.6 Å². The van der Waals surface area contributed by atoms with Crippen molar-refractivity contribution < 1.29 is 9.59 Å². The van der Waals surface area contributed by atoms with Gasteiger partial charge < -0.3 is 10.6 Å². The number of imide groups is 1. The van der Waals surface area contributed by atoms with Crippen LogP contribution in [0.5, 0.6) is 0 Å². The Morgan fingerprint density at radius 1 is 1.41 bits per heavy atom. The van der Waals surface area contributed by atoms with Crippen LogP contribution in [0.15, 0.2) is 0 Å². The predicted molar refractivity (Wildman–Crippen MR) is 87.1 cm³/mol. The third-order valence-electron chi connectivity index (χ3n) is 3.59. The van der Waals surface area contributed by atoms with E-state index in [2.05, 4.69) is 43.3 Å². The summed E-state index contributed by atoms with van der Waals surface area (Å²) in [6, 6.07) is -0.155. The summed E-state index contributed by atoms with van der Waals surface area (Å²) in [7, 11) is 0. The highest BCUT2D eigenvalue weighted by atomic mass is 32.1. The lowest BCUT2D eigenvalue weighted by Crippen LogP contribution is -2.37. The summed E-state index contributed by atoms with van der Waals surface area (Å²) in [4.78, 5) is 30.1. The molecule has 2 rings (SSSR count). The zero-order valence-electron chi connectivity index (χ0n) is 13.8. The fourth-order valence-electron chi connectivity index (χ4n) is 2.30. The molecular weight excluding hydrogens is 300 g/mol. The molecule has 1 aliphatic rings. The highest BCUT2D eigenvalue weighted by Crippen LogP contribution is 2.32. The monoisotopic (exact) mass is 324 g/mol. The van der Waals surface area contributed by atoms with E-state index in [1.165, 1.54) is 9.78 Å². The van der Waals surface area contributed by atoms with Gasteiger partial charge in [-0.05, 0) is 13.8 Å². The number of hydrogen-bond donors (Lipinski definition) is 2. The Labute approximate surface area is 135 Å². The molecule has 0 spiro atoms. The van der Waals surface area contributed by atoms with E-state index in [4.69, 9.17) is 0 Å². The molecule has 0 saturated carbocycles. The van der Waals surface area contributed by atoms with Crippen LogP contribution in [-0.2, 0) is 10.2 Å². The Balaban J connectivity index is 1.92. The van der Waals surface area contributed by atoms with Gasteiger partial charge >= 0.3 is 6.03 Å². The number of carbonyl (C=O) groups is 2. The summed E-state index contributed by atoms with van der Waals surface area (Å²) in [6.07, 6.45) is 0. The maximum absolute atomic E-state index is 11.5. The lowest BCUT2D eigenvalue weighted by molar-refractivity contribution is -0.124. The number of carbonyl (C=O) groups excluding carboxylic acids is 2. The molecule has 1 saturated heterocycles. The van der Waals surface area contributed by atoms with Gasteiger partial charge in [-0.3, -0.25) is 9.69 Å². The van der Waals surface area contributed by atoms with Crippen LogP contribution in [0.4, 0.5) is 4.79 Å². The molecule has 2 N–H and O–H groups in total. The van der Waals surface area contributed by atoms with Crippen LogP contribution < -0.4 is 10.6 Å². The number of amides is 3. The molecule has 6 nitrogen and oxygen atoms in total. The van der Waals surface area contributed by atoms with E-state index in [0.29, 0.717) is 13.1 Å². The Morgan fingerprint density at radius 3 is 2.59 bits per heavy atom. The van der Waals surface area contributed by atoms with Gasteiger partial charge in [-0.1, -0.05) is 20.8 Å². The van der Waals surface area contributed by atoms with E-state index < -0.39 is 0 Å². The van der Waals surface area contributed by atoms with Crippen LogP contribution in [0.2, 0.25) is 0 Å². The van der Waals surface area contributed by atoms with Gasteiger partial charge in [-0.25, -0.2) is 9.78 Å². The molecule has 1 atom stereocenters. The second-order valence-electron chi connectivity index (χ2n) is 6.60. The maximum atomic E-state index is 11.5. The van der Waals surface area contributed by atoms with Crippen molar-refractivity contribution in [3.63, 3.8) is 0 Å². The number of rotatable bonds is 5. The average Bonchev–Trinajstić information content (AvgIpc) is 2.95. The average molecular weight is 324 g/mol. The van der Waals surface area contributed by atoms with E-state index >= 15 is 0 Å². The van der Waals surface area contributed by atoms with Crippen molar-refractivity contribution in [3.05, 3.63) is 15.6 Å².